The minimum absolute atomic E-state index is 1.12. The van der Waals surface area contributed by atoms with E-state index in [2.05, 4.69) is 342 Å². The van der Waals surface area contributed by atoms with E-state index in [1.54, 1.807) is 0 Å². The average Bonchev–Trinajstić information content (AvgIpc) is 3.47. The molecule has 0 atom stereocenters. The topological polar surface area (TPSA) is 13.0 Å². The molecular formula is C74H68N4. The van der Waals surface area contributed by atoms with Crippen molar-refractivity contribution in [2.45, 2.75) is 55.4 Å². The second kappa shape index (κ2) is 23.7. The van der Waals surface area contributed by atoms with Crippen LogP contribution in [0.2, 0.25) is 0 Å². The third-order valence-corrected chi connectivity index (χ3v) is 14.3. The molecule has 4 nitrogen and oxygen atoms in total. The Labute approximate surface area is 463 Å². The van der Waals surface area contributed by atoms with Gasteiger partial charge in [0, 0.05) is 68.2 Å². The summed E-state index contributed by atoms with van der Waals surface area (Å²) in [4.78, 5) is 9.25. The van der Waals surface area contributed by atoms with Crippen LogP contribution in [-0.4, -0.2) is 0 Å². The molecule has 0 spiro atoms. The van der Waals surface area contributed by atoms with Crippen molar-refractivity contribution in [1.29, 1.82) is 0 Å². The minimum atomic E-state index is 1.12. The summed E-state index contributed by atoms with van der Waals surface area (Å²) in [5.74, 6) is 0. The zero-order valence-electron chi connectivity index (χ0n) is 46.2. The van der Waals surface area contributed by atoms with Gasteiger partial charge in [-0.2, -0.15) is 0 Å². The maximum atomic E-state index is 2.31. The number of rotatable bonds is 13. The lowest BCUT2D eigenvalue weighted by Crippen LogP contribution is -2.12. The van der Waals surface area contributed by atoms with Crippen molar-refractivity contribution in [1.82, 2.24) is 0 Å². The molecule has 0 N–H and O–H groups in total. The SMILES string of the molecule is Cc1ccc(N(c2ccc(C)cc2)c2ccc(-c3ccc(N(c4ccc(C)cc4)c4ccc(C)cc4)cc3)cc2)cc1.Cc1ccc(N(c2ccc(C)cc2)c2ccc(N(c3ccc(C)cc3)c3ccc(C)cc3)cc2)cc1. The maximum absolute atomic E-state index is 2.31. The van der Waals surface area contributed by atoms with Crippen molar-refractivity contribution in [3.8, 4) is 11.1 Å². The van der Waals surface area contributed by atoms with Crippen LogP contribution in [0.1, 0.15) is 44.5 Å². The van der Waals surface area contributed by atoms with E-state index in [0.717, 1.165) is 68.2 Å². The van der Waals surface area contributed by atoms with Crippen molar-refractivity contribution >= 4 is 68.2 Å². The Morgan fingerprint density at radius 3 is 0.333 bits per heavy atom. The molecule has 11 aromatic carbocycles. The van der Waals surface area contributed by atoms with E-state index in [4.69, 9.17) is 0 Å². The van der Waals surface area contributed by atoms with Crippen molar-refractivity contribution in [2.75, 3.05) is 19.6 Å². The molecule has 384 valence electrons. The van der Waals surface area contributed by atoms with Crippen LogP contribution in [0.15, 0.2) is 267 Å². The van der Waals surface area contributed by atoms with Gasteiger partial charge in [0.15, 0.2) is 0 Å². The molecular weight excluding hydrogens is 945 g/mol. The van der Waals surface area contributed by atoms with Gasteiger partial charge in [0.05, 0.1) is 0 Å². The molecule has 0 bridgehead atoms. The van der Waals surface area contributed by atoms with E-state index >= 15 is 0 Å². The summed E-state index contributed by atoms with van der Waals surface area (Å²) >= 11 is 0. The predicted octanol–water partition coefficient (Wildman–Crippen LogP) is 21.4. The minimum Gasteiger partial charge on any atom is -0.311 e. The number of hydrogen-bond donors (Lipinski definition) is 0. The van der Waals surface area contributed by atoms with Gasteiger partial charge in [0.25, 0.3) is 0 Å². The van der Waals surface area contributed by atoms with Gasteiger partial charge in [0.2, 0.25) is 0 Å². The molecule has 4 heteroatoms. The number of anilines is 12. The first-order valence-electron chi connectivity index (χ1n) is 27.0. The van der Waals surface area contributed by atoms with Crippen LogP contribution >= 0.6 is 0 Å². The molecule has 0 unspecified atom stereocenters. The third-order valence-electron chi connectivity index (χ3n) is 14.3. The van der Waals surface area contributed by atoms with Gasteiger partial charge in [-0.25, -0.2) is 0 Å². The molecule has 11 aromatic rings. The second-order valence-electron chi connectivity index (χ2n) is 20.6. The lowest BCUT2D eigenvalue weighted by molar-refractivity contribution is 1.24. The molecule has 0 aliphatic rings. The van der Waals surface area contributed by atoms with E-state index in [9.17, 15) is 0 Å². The van der Waals surface area contributed by atoms with E-state index in [1.807, 2.05) is 0 Å². The van der Waals surface area contributed by atoms with Gasteiger partial charge in [-0.05, 0) is 212 Å². The fourth-order valence-electron chi connectivity index (χ4n) is 9.70. The predicted molar refractivity (Wildman–Crippen MR) is 335 cm³/mol. The molecule has 0 radical (unpaired) electrons. The molecule has 0 amide bonds. The first kappa shape index (κ1) is 52.1. The van der Waals surface area contributed by atoms with E-state index < -0.39 is 0 Å². The third kappa shape index (κ3) is 12.3. The fourth-order valence-corrected chi connectivity index (χ4v) is 9.70. The second-order valence-corrected chi connectivity index (χ2v) is 20.6. The fraction of sp³-hybridized carbons (Fsp3) is 0.108. The number of hydrogen-bond acceptors (Lipinski definition) is 4. The molecule has 0 aliphatic heterocycles. The Kier molecular flexibility index (Phi) is 15.8. The largest absolute Gasteiger partial charge is 0.311 e. The van der Waals surface area contributed by atoms with Crippen LogP contribution in [-0.2, 0) is 0 Å². The summed E-state index contributed by atoms with van der Waals surface area (Å²) in [5.41, 5.74) is 26.1. The van der Waals surface area contributed by atoms with Gasteiger partial charge in [-0.1, -0.05) is 166 Å². The Balaban J connectivity index is 0.000000179. The van der Waals surface area contributed by atoms with Crippen molar-refractivity contribution < 1.29 is 0 Å². The van der Waals surface area contributed by atoms with Gasteiger partial charge in [-0.15, -0.1) is 0 Å². The normalized spacial score (nSPS) is 10.8. The van der Waals surface area contributed by atoms with Crippen LogP contribution in [0.25, 0.3) is 11.1 Å². The van der Waals surface area contributed by atoms with Gasteiger partial charge in [0.1, 0.15) is 0 Å². The van der Waals surface area contributed by atoms with Crippen LogP contribution in [0.4, 0.5) is 68.2 Å². The van der Waals surface area contributed by atoms with Crippen molar-refractivity contribution in [3.05, 3.63) is 311 Å². The highest BCUT2D eigenvalue weighted by atomic mass is 15.2. The Morgan fingerprint density at radius 1 is 0.128 bits per heavy atom. The van der Waals surface area contributed by atoms with Crippen LogP contribution < -0.4 is 19.6 Å². The molecule has 78 heavy (non-hydrogen) atoms. The summed E-state index contributed by atoms with van der Waals surface area (Å²) < 4.78 is 0. The Morgan fingerprint density at radius 2 is 0.218 bits per heavy atom. The van der Waals surface area contributed by atoms with Gasteiger partial charge < -0.3 is 19.6 Å². The molecule has 0 saturated heterocycles. The quantitative estimate of drug-likeness (QED) is 0.114. The number of benzene rings is 11. The highest BCUT2D eigenvalue weighted by Crippen LogP contribution is 2.41. The van der Waals surface area contributed by atoms with Gasteiger partial charge >= 0.3 is 0 Å². The summed E-state index contributed by atoms with van der Waals surface area (Å²) in [6.45, 7) is 17.0. The summed E-state index contributed by atoms with van der Waals surface area (Å²) in [7, 11) is 0. The summed E-state index contributed by atoms with van der Waals surface area (Å²) in [6, 6.07) is 96.3. The molecule has 0 heterocycles. The summed E-state index contributed by atoms with van der Waals surface area (Å²) in [5, 5.41) is 0. The van der Waals surface area contributed by atoms with Crippen LogP contribution in [0.5, 0.6) is 0 Å². The highest BCUT2D eigenvalue weighted by molar-refractivity contribution is 5.83. The van der Waals surface area contributed by atoms with E-state index in [0.29, 0.717) is 0 Å². The Bertz CT molecular complexity index is 3230. The Hall–Kier alpha value is -9.38. The smallest absolute Gasteiger partial charge is 0.0463 e. The standard InChI is InChI=1S/C40H36N2.C34H32N2/c1-29-5-17-35(18-6-29)41(36-19-7-30(2)8-20-36)39-25-13-33(14-26-39)34-15-27-40(28-16-34)42(37-21-9-31(3)10-22-37)38-23-11-32(4)12-24-38;1-25-5-13-29(14-6-25)35(30-15-7-26(2)8-16-30)33-21-23-34(24-22-33)36(31-17-9-27(3)10-18-31)32-19-11-28(4)12-20-32/h5-28H,1-4H3;5-24H,1-4H3. The van der Waals surface area contributed by atoms with Crippen LogP contribution in [0.3, 0.4) is 0 Å². The summed E-state index contributed by atoms with van der Waals surface area (Å²) in [6.07, 6.45) is 0. The number of nitrogens with zero attached hydrogens (tertiary/aromatic N) is 4. The lowest BCUT2D eigenvalue weighted by Gasteiger charge is -2.28. The number of aryl methyl sites for hydroxylation is 8. The highest BCUT2D eigenvalue weighted by Gasteiger charge is 2.18. The van der Waals surface area contributed by atoms with E-state index in [-0.39, 0.29) is 0 Å². The average molecular weight is 1010 g/mol. The van der Waals surface area contributed by atoms with Crippen molar-refractivity contribution in [3.63, 3.8) is 0 Å². The molecule has 11 rings (SSSR count). The van der Waals surface area contributed by atoms with Crippen LogP contribution in [0, 0.1) is 55.4 Å². The van der Waals surface area contributed by atoms with E-state index in [1.165, 1.54) is 55.6 Å². The molecule has 0 fully saturated rings. The first-order valence-corrected chi connectivity index (χ1v) is 27.0. The van der Waals surface area contributed by atoms with Gasteiger partial charge in [-0.3, -0.25) is 0 Å². The van der Waals surface area contributed by atoms with Crippen molar-refractivity contribution in [2.24, 2.45) is 0 Å². The zero-order chi connectivity index (χ0) is 54.1. The molecule has 0 saturated carbocycles. The maximum Gasteiger partial charge on any atom is 0.0463 e. The lowest BCUT2D eigenvalue weighted by atomic mass is 10.0. The molecule has 0 aliphatic carbocycles. The monoisotopic (exact) mass is 1010 g/mol. The first-order chi connectivity index (χ1) is 37.9. The molecule has 0 aromatic heterocycles. The zero-order valence-corrected chi connectivity index (χ0v) is 46.2.